The molecular weight excluding hydrogens is 340 g/mol. The molecule has 0 saturated carbocycles. The van der Waals surface area contributed by atoms with Crippen molar-refractivity contribution < 1.29 is 9.53 Å². The molecule has 0 radical (unpaired) electrons. The number of nitriles is 2. The van der Waals surface area contributed by atoms with Crippen LogP contribution in [0.15, 0.2) is 83.0 Å². The van der Waals surface area contributed by atoms with Crippen molar-refractivity contribution in [2.45, 2.75) is 0 Å². The Morgan fingerprint density at radius 3 is 2.26 bits per heavy atom. The molecule has 0 fully saturated rings. The molecule has 0 aliphatic rings. The fraction of sp³-hybridized carbons (Fsp3) is 0. The van der Waals surface area contributed by atoms with Crippen LogP contribution in [0.4, 0.5) is 11.4 Å². The Balaban J connectivity index is 1.71. The molecule has 3 rings (SSSR count). The first-order valence-corrected chi connectivity index (χ1v) is 7.93. The molecule has 6 nitrogen and oxygen atoms in total. The predicted molar refractivity (Wildman–Crippen MR) is 97.9 cm³/mol. The fourth-order valence-electron chi connectivity index (χ4n) is 2.21. The molecule has 3 aromatic carbocycles. The van der Waals surface area contributed by atoms with Gasteiger partial charge in [0.05, 0.1) is 28.4 Å². The Morgan fingerprint density at radius 1 is 0.852 bits per heavy atom. The molecule has 0 amide bonds. The zero-order valence-electron chi connectivity index (χ0n) is 14.0. The molecule has 27 heavy (non-hydrogen) atoms. The molecule has 0 heterocycles. The minimum absolute atomic E-state index is 0.270. The van der Waals surface area contributed by atoms with Crippen LogP contribution in [-0.4, -0.2) is 5.97 Å². The summed E-state index contributed by atoms with van der Waals surface area (Å²) < 4.78 is 5.30. The van der Waals surface area contributed by atoms with E-state index in [1.54, 1.807) is 60.7 Å². The smallest absolute Gasteiger partial charge is 0.343 e. The fourth-order valence-corrected chi connectivity index (χ4v) is 2.21. The minimum Gasteiger partial charge on any atom is -0.423 e. The number of esters is 1. The van der Waals surface area contributed by atoms with E-state index in [0.717, 1.165) is 0 Å². The lowest BCUT2D eigenvalue weighted by Gasteiger charge is -2.04. The summed E-state index contributed by atoms with van der Waals surface area (Å²) in [7, 11) is 0. The van der Waals surface area contributed by atoms with Gasteiger partial charge >= 0.3 is 5.97 Å². The maximum Gasteiger partial charge on any atom is 0.343 e. The van der Waals surface area contributed by atoms with Gasteiger partial charge in [-0.25, -0.2) is 4.79 Å². The minimum atomic E-state index is -0.443. The molecule has 128 valence electrons. The molecule has 0 unspecified atom stereocenters. The molecule has 0 saturated heterocycles. The second kappa shape index (κ2) is 8.19. The zero-order chi connectivity index (χ0) is 19.1. The van der Waals surface area contributed by atoms with Crippen molar-refractivity contribution in [3.8, 4) is 17.9 Å². The van der Waals surface area contributed by atoms with Gasteiger partial charge in [0.25, 0.3) is 0 Å². The highest BCUT2D eigenvalue weighted by molar-refractivity contribution is 5.90. The number of carbonyl (C=O) groups excluding carboxylic acids is 1. The number of azo groups is 1. The third-order valence-corrected chi connectivity index (χ3v) is 3.58. The lowest BCUT2D eigenvalue weighted by molar-refractivity contribution is 0.0735. The molecule has 0 N–H and O–H groups in total. The predicted octanol–water partition coefficient (Wildman–Crippen LogP) is 5.06. The normalized spacial score (nSPS) is 10.1. The largest absolute Gasteiger partial charge is 0.423 e. The average molecular weight is 352 g/mol. The molecular formula is C21H12N4O2. The van der Waals surface area contributed by atoms with E-state index in [1.807, 2.05) is 18.2 Å². The number of benzene rings is 3. The Kier molecular flexibility index (Phi) is 5.32. The van der Waals surface area contributed by atoms with Crippen LogP contribution < -0.4 is 4.74 Å². The number of ether oxygens (including phenoxy) is 1. The molecule has 6 heteroatoms. The summed E-state index contributed by atoms with van der Waals surface area (Å²) >= 11 is 0. The van der Waals surface area contributed by atoms with E-state index in [0.29, 0.717) is 28.3 Å². The van der Waals surface area contributed by atoms with Crippen LogP contribution in [0.3, 0.4) is 0 Å². The molecule has 0 aromatic heterocycles. The van der Waals surface area contributed by atoms with Crippen LogP contribution in [0.2, 0.25) is 0 Å². The number of hydrogen-bond donors (Lipinski definition) is 0. The standard InChI is InChI=1S/C21H12N4O2/c22-13-15-6-11-20(17(12-15)14-23)25-24-18-7-9-19(10-8-18)27-21(26)16-4-2-1-3-5-16/h1-12H. The number of nitrogens with zero attached hydrogens (tertiary/aromatic N) is 4. The van der Waals surface area contributed by atoms with Crippen LogP contribution >= 0.6 is 0 Å². The van der Waals surface area contributed by atoms with Crippen molar-refractivity contribution in [1.29, 1.82) is 10.5 Å². The van der Waals surface area contributed by atoms with Gasteiger partial charge in [0.1, 0.15) is 17.5 Å². The molecule has 0 bridgehead atoms. The third kappa shape index (κ3) is 4.41. The van der Waals surface area contributed by atoms with E-state index in [4.69, 9.17) is 15.3 Å². The van der Waals surface area contributed by atoms with Crippen LogP contribution in [0.25, 0.3) is 0 Å². The summed E-state index contributed by atoms with van der Waals surface area (Å²) in [6.07, 6.45) is 0. The van der Waals surface area contributed by atoms with E-state index in [9.17, 15) is 4.79 Å². The summed E-state index contributed by atoms with van der Waals surface area (Å²) in [6, 6.07) is 23.8. The van der Waals surface area contributed by atoms with Crippen molar-refractivity contribution in [1.82, 2.24) is 0 Å². The van der Waals surface area contributed by atoms with Crippen molar-refractivity contribution >= 4 is 17.3 Å². The summed E-state index contributed by atoms with van der Waals surface area (Å²) in [6.45, 7) is 0. The van der Waals surface area contributed by atoms with Crippen molar-refractivity contribution in [2.75, 3.05) is 0 Å². The molecule has 0 spiro atoms. The summed E-state index contributed by atoms with van der Waals surface area (Å²) in [5, 5.41) is 26.1. The third-order valence-electron chi connectivity index (χ3n) is 3.58. The summed E-state index contributed by atoms with van der Waals surface area (Å²) in [5.74, 6) is -0.0555. The number of rotatable bonds is 4. The lowest BCUT2D eigenvalue weighted by Crippen LogP contribution is -2.07. The molecule has 0 aliphatic carbocycles. The van der Waals surface area contributed by atoms with Crippen LogP contribution in [0.1, 0.15) is 21.5 Å². The number of hydrogen-bond acceptors (Lipinski definition) is 6. The highest BCUT2D eigenvalue weighted by Gasteiger charge is 2.07. The van der Waals surface area contributed by atoms with Gasteiger partial charge in [-0.3, -0.25) is 0 Å². The van der Waals surface area contributed by atoms with Gasteiger partial charge in [-0.05, 0) is 54.6 Å². The average Bonchev–Trinajstić information content (AvgIpc) is 2.73. The van der Waals surface area contributed by atoms with Crippen LogP contribution in [0, 0.1) is 22.7 Å². The van der Waals surface area contributed by atoms with Gasteiger partial charge < -0.3 is 4.74 Å². The van der Waals surface area contributed by atoms with Crippen LogP contribution in [0.5, 0.6) is 5.75 Å². The SMILES string of the molecule is N#Cc1ccc(N=Nc2ccc(OC(=O)c3ccccc3)cc2)c(C#N)c1. The van der Waals surface area contributed by atoms with E-state index in [2.05, 4.69) is 10.2 Å². The maximum absolute atomic E-state index is 12.0. The first-order chi connectivity index (χ1) is 13.2. The van der Waals surface area contributed by atoms with Gasteiger partial charge in [0.15, 0.2) is 0 Å². The van der Waals surface area contributed by atoms with Gasteiger partial charge in [0, 0.05) is 0 Å². The highest BCUT2D eigenvalue weighted by atomic mass is 16.5. The zero-order valence-corrected chi connectivity index (χ0v) is 14.0. The maximum atomic E-state index is 12.0. The van der Waals surface area contributed by atoms with Gasteiger partial charge in [-0.15, -0.1) is 5.11 Å². The summed E-state index contributed by atoms with van der Waals surface area (Å²) in [5.41, 5.74) is 2.02. The summed E-state index contributed by atoms with van der Waals surface area (Å²) in [4.78, 5) is 12.0. The van der Waals surface area contributed by atoms with E-state index in [-0.39, 0.29) is 5.56 Å². The van der Waals surface area contributed by atoms with Gasteiger partial charge in [0.2, 0.25) is 0 Å². The van der Waals surface area contributed by atoms with Crippen molar-refractivity contribution in [2.24, 2.45) is 10.2 Å². The Hall–Kier alpha value is -4.29. The lowest BCUT2D eigenvalue weighted by atomic mass is 10.1. The van der Waals surface area contributed by atoms with Crippen LogP contribution in [-0.2, 0) is 0 Å². The first kappa shape index (κ1) is 17.5. The Labute approximate surface area is 155 Å². The second-order valence-electron chi connectivity index (χ2n) is 5.40. The monoisotopic (exact) mass is 352 g/mol. The second-order valence-corrected chi connectivity index (χ2v) is 5.40. The number of carbonyl (C=O) groups is 1. The quantitative estimate of drug-likeness (QED) is 0.372. The van der Waals surface area contributed by atoms with Gasteiger partial charge in [-0.1, -0.05) is 18.2 Å². The van der Waals surface area contributed by atoms with Crippen molar-refractivity contribution in [3.63, 3.8) is 0 Å². The van der Waals surface area contributed by atoms with E-state index in [1.165, 1.54) is 6.07 Å². The molecule has 3 aromatic rings. The Morgan fingerprint density at radius 2 is 1.59 bits per heavy atom. The van der Waals surface area contributed by atoms with Crippen molar-refractivity contribution in [3.05, 3.63) is 89.5 Å². The Bertz CT molecular complexity index is 1080. The van der Waals surface area contributed by atoms with E-state index >= 15 is 0 Å². The molecule has 0 atom stereocenters. The first-order valence-electron chi connectivity index (χ1n) is 7.93. The topological polar surface area (TPSA) is 98.6 Å². The molecule has 0 aliphatic heterocycles. The highest BCUT2D eigenvalue weighted by Crippen LogP contribution is 2.24. The van der Waals surface area contributed by atoms with Gasteiger partial charge in [-0.2, -0.15) is 15.6 Å². The van der Waals surface area contributed by atoms with E-state index < -0.39 is 5.97 Å².